The van der Waals surface area contributed by atoms with Crippen LogP contribution < -0.4 is 5.32 Å². The van der Waals surface area contributed by atoms with Crippen LogP contribution in [-0.2, 0) is 4.79 Å². The van der Waals surface area contributed by atoms with E-state index in [0.717, 1.165) is 29.6 Å². The predicted octanol–water partition coefficient (Wildman–Crippen LogP) is 4.48. The lowest BCUT2D eigenvalue weighted by Crippen LogP contribution is -2.42. The lowest BCUT2D eigenvalue weighted by molar-refractivity contribution is -0.131. The fourth-order valence-electron chi connectivity index (χ4n) is 3.78. The predicted molar refractivity (Wildman–Crippen MR) is 111 cm³/mol. The summed E-state index contributed by atoms with van der Waals surface area (Å²) < 4.78 is 0. The van der Waals surface area contributed by atoms with Gasteiger partial charge < -0.3 is 10.2 Å². The van der Waals surface area contributed by atoms with Crippen LogP contribution in [0.5, 0.6) is 0 Å². The van der Waals surface area contributed by atoms with Crippen LogP contribution in [0.25, 0.3) is 10.9 Å². The summed E-state index contributed by atoms with van der Waals surface area (Å²) in [7, 11) is 1.96. The van der Waals surface area contributed by atoms with E-state index in [2.05, 4.69) is 11.4 Å². The van der Waals surface area contributed by atoms with E-state index in [4.69, 9.17) is 9.97 Å². The van der Waals surface area contributed by atoms with E-state index < -0.39 is 0 Å². The van der Waals surface area contributed by atoms with Gasteiger partial charge in [0.1, 0.15) is 5.82 Å². The highest BCUT2D eigenvalue weighted by Crippen LogP contribution is 2.31. The number of hydrogen-bond acceptors (Lipinski definition) is 5. The molecular formula is C21H28N4OS. The molecule has 2 aliphatic rings. The van der Waals surface area contributed by atoms with Gasteiger partial charge in [0.25, 0.3) is 0 Å². The van der Waals surface area contributed by atoms with Crippen LogP contribution in [0.1, 0.15) is 51.9 Å². The van der Waals surface area contributed by atoms with Crippen LogP contribution in [0.2, 0.25) is 0 Å². The van der Waals surface area contributed by atoms with E-state index in [1.54, 1.807) is 0 Å². The number of nitrogens with zero attached hydrogens (tertiary/aromatic N) is 3. The Labute approximate surface area is 165 Å². The first kappa shape index (κ1) is 18.5. The minimum absolute atomic E-state index is 0.181. The highest BCUT2D eigenvalue weighted by molar-refractivity contribution is 8.00. The van der Waals surface area contributed by atoms with E-state index in [-0.39, 0.29) is 11.2 Å². The van der Waals surface area contributed by atoms with E-state index in [0.29, 0.717) is 17.2 Å². The Morgan fingerprint density at radius 2 is 1.89 bits per heavy atom. The summed E-state index contributed by atoms with van der Waals surface area (Å²) in [5.74, 6) is 1.08. The molecule has 1 heterocycles. The number of nitrogens with one attached hydrogen (secondary N) is 1. The molecule has 1 amide bonds. The summed E-state index contributed by atoms with van der Waals surface area (Å²) >= 11 is 1.47. The zero-order chi connectivity index (χ0) is 18.8. The number of para-hydroxylation sites is 1. The van der Waals surface area contributed by atoms with Crippen molar-refractivity contribution in [3.63, 3.8) is 0 Å². The first-order chi connectivity index (χ1) is 13.1. The molecule has 0 spiro atoms. The van der Waals surface area contributed by atoms with Crippen LogP contribution in [0.4, 0.5) is 5.82 Å². The zero-order valence-corrected chi connectivity index (χ0v) is 17.0. The molecule has 0 saturated heterocycles. The van der Waals surface area contributed by atoms with Gasteiger partial charge in [-0.05, 0) is 44.7 Å². The quantitative estimate of drug-likeness (QED) is 0.588. The molecule has 2 fully saturated rings. The SMILES string of the molecule is CC(Sc1nc(NC2CC2)c2ccccc2n1)C(=O)N(C)C1CCCCC1. The Hall–Kier alpha value is -1.82. The molecule has 1 atom stereocenters. The summed E-state index contributed by atoms with van der Waals surface area (Å²) in [5.41, 5.74) is 0.929. The molecule has 1 aromatic carbocycles. The number of fused-ring (bicyclic) bond motifs is 1. The largest absolute Gasteiger partial charge is 0.367 e. The number of carbonyl (C=O) groups excluding carboxylic acids is 1. The monoisotopic (exact) mass is 384 g/mol. The van der Waals surface area contributed by atoms with Crippen molar-refractivity contribution in [2.45, 2.75) is 74.4 Å². The van der Waals surface area contributed by atoms with E-state index in [1.165, 1.54) is 43.9 Å². The van der Waals surface area contributed by atoms with Crippen molar-refractivity contribution in [1.29, 1.82) is 0 Å². The molecule has 1 unspecified atom stereocenters. The molecule has 2 saturated carbocycles. The van der Waals surface area contributed by atoms with Gasteiger partial charge in [-0.2, -0.15) is 0 Å². The van der Waals surface area contributed by atoms with Crippen molar-refractivity contribution >= 4 is 34.4 Å². The van der Waals surface area contributed by atoms with Gasteiger partial charge in [0.05, 0.1) is 10.8 Å². The molecule has 1 aromatic heterocycles. The molecule has 4 rings (SSSR count). The Morgan fingerprint density at radius 1 is 1.15 bits per heavy atom. The molecule has 2 aliphatic carbocycles. The first-order valence-electron chi connectivity index (χ1n) is 10.1. The molecule has 2 aromatic rings. The van der Waals surface area contributed by atoms with Crippen molar-refractivity contribution < 1.29 is 4.79 Å². The minimum Gasteiger partial charge on any atom is -0.367 e. The molecule has 6 heteroatoms. The number of benzene rings is 1. The lowest BCUT2D eigenvalue weighted by atomic mass is 9.94. The summed E-state index contributed by atoms with van der Waals surface area (Å²) in [6.07, 6.45) is 8.40. The maximum Gasteiger partial charge on any atom is 0.235 e. The van der Waals surface area contributed by atoms with E-state index in [1.807, 2.05) is 37.1 Å². The van der Waals surface area contributed by atoms with Crippen LogP contribution in [0.3, 0.4) is 0 Å². The second-order valence-electron chi connectivity index (χ2n) is 7.79. The second kappa shape index (κ2) is 8.05. The van der Waals surface area contributed by atoms with E-state index in [9.17, 15) is 4.79 Å². The van der Waals surface area contributed by atoms with Gasteiger partial charge in [-0.3, -0.25) is 4.79 Å². The topological polar surface area (TPSA) is 58.1 Å². The molecular weight excluding hydrogens is 356 g/mol. The maximum absolute atomic E-state index is 12.9. The van der Waals surface area contributed by atoms with Crippen molar-refractivity contribution in [2.75, 3.05) is 12.4 Å². The van der Waals surface area contributed by atoms with Crippen LogP contribution >= 0.6 is 11.8 Å². The van der Waals surface area contributed by atoms with Gasteiger partial charge in [0, 0.05) is 24.5 Å². The van der Waals surface area contributed by atoms with Crippen molar-refractivity contribution in [1.82, 2.24) is 14.9 Å². The Balaban J connectivity index is 1.50. The second-order valence-corrected chi connectivity index (χ2v) is 9.10. The standard InChI is InChI=1S/C21H28N4OS/c1-14(20(26)25(2)16-8-4-3-5-9-16)27-21-23-18-11-7-6-10-17(18)19(24-21)22-15-12-13-15/h6-7,10-11,14-16H,3-5,8-9,12-13H2,1-2H3,(H,22,23,24). The molecule has 0 radical (unpaired) electrons. The molecule has 0 bridgehead atoms. The van der Waals surface area contributed by atoms with Gasteiger partial charge in [0.15, 0.2) is 5.16 Å². The average Bonchev–Trinajstić information content (AvgIpc) is 3.51. The number of hydrogen-bond donors (Lipinski definition) is 1. The van der Waals surface area contributed by atoms with Gasteiger partial charge in [-0.25, -0.2) is 9.97 Å². The van der Waals surface area contributed by atoms with Crippen LogP contribution in [0.15, 0.2) is 29.4 Å². The Bertz CT molecular complexity index is 817. The summed E-state index contributed by atoms with van der Waals surface area (Å²) in [6.45, 7) is 1.97. The maximum atomic E-state index is 12.9. The number of aromatic nitrogens is 2. The number of amides is 1. The fraction of sp³-hybridized carbons (Fsp3) is 0.571. The van der Waals surface area contributed by atoms with E-state index >= 15 is 0 Å². The van der Waals surface area contributed by atoms with Crippen LogP contribution in [0, 0.1) is 0 Å². The van der Waals surface area contributed by atoms with Gasteiger partial charge in [-0.15, -0.1) is 0 Å². The average molecular weight is 385 g/mol. The summed E-state index contributed by atoms with van der Waals surface area (Å²) in [5, 5.41) is 5.05. The normalized spacial score (nSPS) is 19.0. The smallest absolute Gasteiger partial charge is 0.235 e. The van der Waals surface area contributed by atoms with Gasteiger partial charge in [0.2, 0.25) is 5.91 Å². The highest BCUT2D eigenvalue weighted by Gasteiger charge is 2.27. The third-order valence-electron chi connectivity index (χ3n) is 5.60. The molecule has 5 nitrogen and oxygen atoms in total. The van der Waals surface area contributed by atoms with Crippen molar-refractivity contribution in [3.8, 4) is 0 Å². The number of rotatable bonds is 6. The molecule has 0 aliphatic heterocycles. The Kier molecular flexibility index (Phi) is 5.53. The third kappa shape index (κ3) is 4.37. The summed E-state index contributed by atoms with van der Waals surface area (Å²) in [6, 6.07) is 8.99. The van der Waals surface area contributed by atoms with Crippen LogP contribution in [-0.4, -0.2) is 45.2 Å². The third-order valence-corrected chi connectivity index (χ3v) is 6.55. The molecule has 1 N–H and O–H groups in total. The number of anilines is 1. The number of thioether (sulfide) groups is 1. The molecule has 27 heavy (non-hydrogen) atoms. The highest BCUT2D eigenvalue weighted by atomic mass is 32.2. The number of carbonyl (C=O) groups is 1. The van der Waals surface area contributed by atoms with Crippen molar-refractivity contribution in [3.05, 3.63) is 24.3 Å². The first-order valence-corrected chi connectivity index (χ1v) is 11.0. The van der Waals surface area contributed by atoms with Gasteiger partial charge in [-0.1, -0.05) is 43.2 Å². The van der Waals surface area contributed by atoms with Crippen molar-refractivity contribution in [2.24, 2.45) is 0 Å². The fourth-order valence-corrected chi connectivity index (χ4v) is 4.66. The summed E-state index contributed by atoms with van der Waals surface area (Å²) in [4.78, 5) is 24.3. The Morgan fingerprint density at radius 3 is 2.63 bits per heavy atom. The lowest BCUT2D eigenvalue weighted by Gasteiger charge is -2.32. The zero-order valence-electron chi connectivity index (χ0n) is 16.1. The molecule has 144 valence electrons. The van der Waals surface area contributed by atoms with Gasteiger partial charge >= 0.3 is 0 Å². The minimum atomic E-state index is -0.188.